The number of carbonyl (C=O) groups is 3. The van der Waals surface area contributed by atoms with Crippen molar-refractivity contribution in [3.8, 4) is 10.6 Å². The fourth-order valence-corrected chi connectivity index (χ4v) is 3.13. The lowest BCUT2D eigenvalue weighted by Crippen LogP contribution is -2.46. The zero-order valence-corrected chi connectivity index (χ0v) is 15.3. The first-order chi connectivity index (χ1) is 12.7. The molecule has 0 radical (unpaired) electrons. The van der Waals surface area contributed by atoms with E-state index in [1.165, 1.54) is 25.3 Å². The number of aromatic nitrogens is 1. The number of benzene rings is 1. The average Bonchev–Trinajstić information content (AvgIpc) is 3.07. The minimum absolute atomic E-state index is 0.0289. The molecule has 10 heteroatoms. The molecule has 2 rings (SSSR count). The predicted molar refractivity (Wildman–Crippen MR) is 94.3 cm³/mol. The SMILES string of the molecule is CC(=O)NCCN(C(=O)c1csc(-c2c(F)cccc2F)n1)C(C)C(=O)O. The summed E-state index contributed by atoms with van der Waals surface area (Å²) in [6.07, 6.45) is 0. The van der Waals surface area contributed by atoms with Gasteiger partial charge in [0.05, 0.1) is 5.56 Å². The third-order valence-electron chi connectivity index (χ3n) is 3.71. The molecule has 0 aliphatic carbocycles. The van der Waals surface area contributed by atoms with Crippen LogP contribution in [0, 0.1) is 11.6 Å². The molecule has 1 unspecified atom stereocenters. The molecule has 2 N–H and O–H groups in total. The van der Waals surface area contributed by atoms with Crippen LogP contribution in [-0.2, 0) is 9.59 Å². The number of halogens is 2. The molecule has 0 saturated heterocycles. The molecule has 0 aliphatic heterocycles. The van der Waals surface area contributed by atoms with Gasteiger partial charge in [-0.1, -0.05) is 6.07 Å². The van der Waals surface area contributed by atoms with Crippen LogP contribution in [0.2, 0.25) is 0 Å². The molecular formula is C17H17F2N3O4S. The molecule has 0 saturated carbocycles. The lowest BCUT2D eigenvalue weighted by molar-refractivity contribution is -0.141. The number of aliphatic carboxylic acids is 1. The van der Waals surface area contributed by atoms with Crippen LogP contribution in [0.15, 0.2) is 23.6 Å². The first-order valence-corrected chi connectivity index (χ1v) is 8.78. The predicted octanol–water partition coefficient (Wildman–Crippen LogP) is 2.14. The Morgan fingerprint density at radius 2 is 1.93 bits per heavy atom. The number of nitrogens with zero attached hydrogens (tertiary/aromatic N) is 2. The van der Waals surface area contributed by atoms with Gasteiger partial charge in [-0.25, -0.2) is 18.6 Å². The zero-order chi connectivity index (χ0) is 20.1. The van der Waals surface area contributed by atoms with Gasteiger partial charge in [0.15, 0.2) is 0 Å². The van der Waals surface area contributed by atoms with E-state index in [4.69, 9.17) is 0 Å². The van der Waals surface area contributed by atoms with Crippen molar-refractivity contribution in [2.45, 2.75) is 19.9 Å². The van der Waals surface area contributed by atoms with E-state index in [0.717, 1.165) is 28.4 Å². The number of hydrogen-bond donors (Lipinski definition) is 2. The fraction of sp³-hybridized carbons (Fsp3) is 0.294. The Balaban J connectivity index is 2.28. The van der Waals surface area contributed by atoms with Crippen LogP contribution in [0.4, 0.5) is 8.78 Å². The van der Waals surface area contributed by atoms with Crippen LogP contribution in [0.5, 0.6) is 0 Å². The number of rotatable bonds is 7. The summed E-state index contributed by atoms with van der Waals surface area (Å²) in [6.45, 7) is 2.60. The molecule has 1 heterocycles. The van der Waals surface area contributed by atoms with Crippen molar-refractivity contribution in [3.05, 3.63) is 40.9 Å². The van der Waals surface area contributed by atoms with Crippen LogP contribution >= 0.6 is 11.3 Å². The van der Waals surface area contributed by atoms with E-state index >= 15 is 0 Å². The minimum Gasteiger partial charge on any atom is -0.480 e. The third-order valence-corrected chi connectivity index (χ3v) is 4.57. The number of hydrogen-bond acceptors (Lipinski definition) is 5. The van der Waals surface area contributed by atoms with Gasteiger partial charge in [-0.15, -0.1) is 11.3 Å². The first kappa shape index (κ1) is 20.4. The van der Waals surface area contributed by atoms with Gasteiger partial charge >= 0.3 is 5.97 Å². The maximum absolute atomic E-state index is 13.9. The summed E-state index contributed by atoms with van der Waals surface area (Å²) in [5.74, 6) is -3.90. The molecular weight excluding hydrogens is 380 g/mol. The van der Waals surface area contributed by atoms with Crippen molar-refractivity contribution < 1.29 is 28.3 Å². The van der Waals surface area contributed by atoms with E-state index in [1.54, 1.807) is 0 Å². The fourth-order valence-electron chi connectivity index (χ4n) is 2.29. The van der Waals surface area contributed by atoms with Gasteiger partial charge in [-0.2, -0.15) is 0 Å². The van der Waals surface area contributed by atoms with Crippen molar-refractivity contribution >= 4 is 29.1 Å². The maximum atomic E-state index is 13.9. The second kappa shape index (κ2) is 8.67. The van der Waals surface area contributed by atoms with E-state index in [0.29, 0.717) is 0 Å². The molecule has 2 aromatic rings. The summed E-state index contributed by atoms with van der Waals surface area (Å²) in [5.41, 5.74) is -0.480. The lowest BCUT2D eigenvalue weighted by atomic mass is 10.2. The van der Waals surface area contributed by atoms with E-state index < -0.39 is 29.6 Å². The van der Waals surface area contributed by atoms with Gasteiger partial charge in [-0.3, -0.25) is 9.59 Å². The highest BCUT2D eigenvalue weighted by Crippen LogP contribution is 2.29. The van der Waals surface area contributed by atoms with Gasteiger partial charge < -0.3 is 15.3 Å². The second-order valence-corrected chi connectivity index (χ2v) is 6.49. The van der Waals surface area contributed by atoms with Crippen LogP contribution < -0.4 is 5.32 Å². The Kier molecular flexibility index (Phi) is 6.56. The molecule has 2 amide bonds. The van der Waals surface area contributed by atoms with Crippen molar-refractivity contribution in [1.29, 1.82) is 0 Å². The number of carboxylic acid groups (broad SMARTS) is 1. The Bertz CT molecular complexity index is 851. The maximum Gasteiger partial charge on any atom is 0.326 e. The molecule has 0 spiro atoms. The van der Waals surface area contributed by atoms with Crippen molar-refractivity contribution in [2.24, 2.45) is 0 Å². The Morgan fingerprint density at radius 1 is 1.30 bits per heavy atom. The number of nitrogens with one attached hydrogen (secondary N) is 1. The highest BCUT2D eigenvalue weighted by atomic mass is 32.1. The number of carboxylic acids is 1. The molecule has 1 aromatic carbocycles. The number of carbonyl (C=O) groups excluding carboxylic acids is 2. The molecule has 0 bridgehead atoms. The second-order valence-electron chi connectivity index (χ2n) is 5.63. The quantitative estimate of drug-likeness (QED) is 0.746. The van der Waals surface area contributed by atoms with E-state index in [9.17, 15) is 28.3 Å². The van der Waals surface area contributed by atoms with Crippen LogP contribution in [0.3, 0.4) is 0 Å². The largest absolute Gasteiger partial charge is 0.480 e. The monoisotopic (exact) mass is 397 g/mol. The highest BCUT2D eigenvalue weighted by molar-refractivity contribution is 7.13. The smallest absolute Gasteiger partial charge is 0.326 e. The van der Waals surface area contributed by atoms with Crippen molar-refractivity contribution in [1.82, 2.24) is 15.2 Å². The minimum atomic E-state index is -1.23. The number of amides is 2. The normalized spacial score (nSPS) is 11.7. The van der Waals surface area contributed by atoms with Gasteiger partial charge in [0.2, 0.25) is 5.91 Å². The summed E-state index contributed by atoms with van der Waals surface area (Å²) in [7, 11) is 0. The average molecular weight is 397 g/mol. The molecule has 27 heavy (non-hydrogen) atoms. The van der Waals surface area contributed by atoms with Gasteiger partial charge in [0.25, 0.3) is 5.91 Å². The van der Waals surface area contributed by atoms with Crippen LogP contribution in [0.1, 0.15) is 24.3 Å². The zero-order valence-electron chi connectivity index (χ0n) is 14.5. The molecule has 0 aliphatic rings. The van der Waals surface area contributed by atoms with Crippen molar-refractivity contribution in [3.63, 3.8) is 0 Å². The lowest BCUT2D eigenvalue weighted by Gasteiger charge is -2.25. The molecule has 1 atom stereocenters. The Labute approximate surface area is 157 Å². The van der Waals surface area contributed by atoms with Gasteiger partial charge in [-0.05, 0) is 19.1 Å². The third kappa shape index (κ3) is 4.85. The molecule has 0 fully saturated rings. The Morgan fingerprint density at radius 3 is 2.48 bits per heavy atom. The molecule has 7 nitrogen and oxygen atoms in total. The summed E-state index contributed by atoms with van der Waals surface area (Å²) in [4.78, 5) is 40.0. The Hall–Kier alpha value is -2.88. The van der Waals surface area contributed by atoms with E-state index in [1.807, 2.05) is 0 Å². The van der Waals surface area contributed by atoms with E-state index in [-0.39, 0.29) is 35.3 Å². The number of thiazole rings is 1. The summed E-state index contributed by atoms with van der Waals surface area (Å²) in [6, 6.07) is 2.19. The summed E-state index contributed by atoms with van der Waals surface area (Å²) in [5, 5.41) is 13.0. The molecule has 1 aromatic heterocycles. The summed E-state index contributed by atoms with van der Waals surface area (Å²) < 4.78 is 27.8. The van der Waals surface area contributed by atoms with Crippen LogP contribution in [0.25, 0.3) is 10.6 Å². The highest BCUT2D eigenvalue weighted by Gasteiger charge is 2.28. The van der Waals surface area contributed by atoms with Crippen molar-refractivity contribution in [2.75, 3.05) is 13.1 Å². The van der Waals surface area contributed by atoms with E-state index in [2.05, 4.69) is 10.3 Å². The topological polar surface area (TPSA) is 99.6 Å². The molecule has 144 valence electrons. The first-order valence-electron chi connectivity index (χ1n) is 7.90. The van der Waals surface area contributed by atoms with Crippen LogP contribution in [-0.4, -0.2) is 51.9 Å². The summed E-state index contributed by atoms with van der Waals surface area (Å²) >= 11 is 0.870. The van der Waals surface area contributed by atoms with Gasteiger partial charge in [0, 0.05) is 25.4 Å². The van der Waals surface area contributed by atoms with Gasteiger partial charge in [0.1, 0.15) is 28.4 Å². The standard InChI is InChI=1S/C17H17F2N3O4S/c1-9(17(25)26)22(7-6-20-10(2)23)16(24)13-8-27-15(21-13)14-11(18)4-3-5-12(14)19/h3-5,8-9H,6-7H2,1-2H3,(H,20,23)(H,25,26).